The van der Waals surface area contributed by atoms with Crippen LogP contribution in [-0.2, 0) is 4.74 Å². The number of hydrogen-bond acceptors (Lipinski definition) is 6. The maximum atomic E-state index is 12.6. The number of nitrogens with one attached hydrogen (secondary N) is 1. The van der Waals surface area contributed by atoms with E-state index in [-0.39, 0.29) is 17.2 Å². The SMILES string of the molecule is COCCNc1ccc(C(=O)N(C)CCOc2ccc(C)cc2)cc1[N+](=O)[O-]. The minimum absolute atomic E-state index is 0.147. The fourth-order valence-corrected chi connectivity index (χ4v) is 2.51. The Hall–Kier alpha value is -3.13. The van der Waals surface area contributed by atoms with Crippen LogP contribution in [0.2, 0.25) is 0 Å². The van der Waals surface area contributed by atoms with Gasteiger partial charge in [0.25, 0.3) is 11.6 Å². The first-order valence-corrected chi connectivity index (χ1v) is 8.88. The fraction of sp³-hybridized carbons (Fsp3) is 0.350. The van der Waals surface area contributed by atoms with E-state index in [2.05, 4.69) is 5.32 Å². The van der Waals surface area contributed by atoms with E-state index in [9.17, 15) is 14.9 Å². The lowest BCUT2D eigenvalue weighted by atomic mass is 10.1. The molecule has 8 nitrogen and oxygen atoms in total. The van der Waals surface area contributed by atoms with Crippen LogP contribution in [0.25, 0.3) is 0 Å². The monoisotopic (exact) mass is 387 g/mol. The number of nitro benzene ring substituents is 1. The third kappa shape index (κ3) is 5.95. The van der Waals surface area contributed by atoms with Crippen LogP contribution in [-0.4, -0.2) is 56.2 Å². The van der Waals surface area contributed by atoms with Gasteiger partial charge in [0.05, 0.1) is 18.1 Å². The third-order valence-electron chi connectivity index (χ3n) is 4.13. The Morgan fingerprint density at radius 1 is 1.18 bits per heavy atom. The second-order valence-corrected chi connectivity index (χ2v) is 6.30. The van der Waals surface area contributed by atoms with E-state index in [1.807, 2.05) is 31.2 Å². The van der Waals surface area contributed by atoms with Gasteiger partial charge in [-0.1, -0.05) is 17.7 Å². The molecule has 2 aromatic carbocycles. The molecule has 0 aliphatic rings. The molecule has 0 saturated carbocycles. The minimum Gasteiger partial charge on any atom is -0.492 e. The zero-order valence-electron chi connectivity index (χ0n) is 16.3. The molecule has 0 aromatic heterocycles. The summed E-state index contributed by atoms with van der Waals surface area (Å²) in [5.41, 5.74) is 1.60. The van der Waals surface area contributed by atoms with Gasteiger partial charge in [-0.3, -0.25) is 14.9 Å². The summed E-state index contributed by atoms with van der Waals surface area (Å²) >= 11 is 0. The van der Waals surface area contributed by atoms with E-state index >= 15 is 0 Å². The highest BCUT2D eigenvalue weighted by atomic mass is 16.6. The number of nitro groups is 1. The lowest BCUT2D eigenvalue weighted by molar-refractivity contribution is -0.384. The van der Waals surface area contributed by atoms with Gasteiger partial charge in [0.2, 0.25) is 0 Å². The van der Waals surface area contributed by atoms with Gasteiger partial charge in [-0.25, -0.2) is 0 Å². The Balaban J connectivity index is 1.98. The number of nitrogens with zero attached hydrogens (tertiary/aromatic N) is 2. The number of likely N-dealkylation sites (N-methyl/N-ethyl adjacent to an activating group) is 1. The maximum Gasteiger partial charge on any atom is 0.293 e. The van der Waals surface area contributed by atoms with Crippen molar-refractivity contribution in [2.75, 3.05) is 45.8 Å². The second kappa shape index (κ2) is 10.3. The van der Waals surface area contributed by atoms with Crippen molar-refractivity contribution in [1.82, 2.24) is 4.90 Å². The van der Waals surface area contributed by atoms with Gasteiger partial charge in [-0.05, 0) is 31.2 Å². The molecule has 0 saturated heterocycles. The van der Waals surface area contributed by atoms with Gasteiger partial charge in [-0.15, -0.1) is 0 Å². The van der Waals surface area contributed by atoms with Gasteiger partial charge < -0.3 is 19.7 Å². The van der Waals surface area contributed by atoms with Crippen molar-refractivity contribution in [1.29, 1.82) is 0 Å². The van der Waals surface area contributed by atoms with Gasteiger partial charge in [0.15, 0.2) is 0 Å². The third-order valence-corrected chi connectivity index (χ3v) is 4.13. The van der Waals surface area contributed by atoms with Crippen LogP contribution in [0.4, 0.5) is 11.4 Å². The molecule has 0 aliphatic heterocycles. The molecule has 0 aliphatic carbocycles. The predicted molar refractivity (Wildman–Crippen MR) is 107 cm³/mol. The first kappa shape index (κ1) is 21.2. The largest absolute Gasteiger partial charge is 0.492 e. The van der Waals surface area contributed by atoms with Crippen molar-refractivity contribution in [2.24, 2.45) is 0 Å². The number of amides is 1. The summed E-state index contributed by atoms with van der Waals surface area (Å²) in [7, 11) is 3.19. The van der Waals surface area contributed by atoms with E-state index in [0.717, 1.165) is 11.3 Å². The number of carbonyl (C=O) groups excluding carboxylic acids is 1. The average Bonchev–Trinajstić information content (AvgIpc) is 2.69. The molecule has 0 bridgehead atoms. The highest BCUT2D eigenvalue weighted by Crippen LogP contribution is 2.26. The summed E-state index contributed by atoms with van der Waals surface area (Å²) < 4.78 is 10.6. The van der Waals surface area contributed by atoms with Crippen LogP contribution >= 0.6 is 0 Å². The number of rotatable bonds is 10. The predicted octanol–water partition coefficient (Wildman–Crippen LogP) is 3.11. The van der Waals surface area contributed by atoms with Crippen LogP contribution < -0.4 is 10.1 Å². The van der Waals surface area contributed by atoms with Gasteiger partial charge in [-0.2, -0.15) is 0 Å². The topological polar surface area (TPSA) is 93.9 Å². The van der Waals surface area contributed by atoms with E-state index in [1.165, 1.54) is 17.0 Å². The molecule has 1 amide bonds. The maximum absolute atomic E-state index is 12.6. The second-order valence-electron chi connectivity index (χ2n) is 6.30. The first-order valence-electron chi connectivity index (χ1n) is 8.88. The normalized spacial score (nSPS) is 10.4. The summed E-state index contributed by atoms with van der Waals surface area (Å²) in [5, 5.41) is 14.3. The quantitative estimate of drug-likeness (QED) is 0.382. The number of aryl methyl sites for hydroxylation is 1. The Labute approximate surface area is 164 Å². The lowest BCUT2D eigenvalue weighted by Gasteiger charge is -2.18. The summed E-state index contributed by atoms with van der Waals surface area (Å²) in [4.78, 5) is 24.9. The van der Waals surface area contributed by atoms with E-state index in [4.69, 9.17) is 9.47 Å². The van der Waals surface area contributed by atoms with Gasteiger partial charge in [0, 0.05) is 32.3 Å². The molecule has 8 heteroatoms. The molecule has 0 spiro atoms. The lowest BCUT2D eigenvalue weighted by Crippen LogP contribution is -2.31. The molecule has 0 unspecified atom stereocenters. The number of benzene rings is 2. The molecule has 28 heavy (non-hydrogen) atoms. The van der Waals surface area contributed by atoms with Crippen LogP contribution in [0.1, 0.15) is 15.9 Å². The summed E-state index contributed by atoms with van der Waals surface area (Å²) in [6.07, 6.45) is 0. The van der Waals surface area contributed by atoms with E-state index in [0.29, 0.717) is 32.0 Å². The number of hydrogen-bond donors (Lipinski definition) is 1. The number of ether oxygens (including phenoxy) is 2. The molecular formula is C20H25N3O5. The van der Waals surface area contributed by atoms with Crippen molar-refractivity contribution in [3.8, 4) is 5.75 Å². The fourth-order valence-electron chi connectivity index (χ4n) is 2.51. The molecule has 0 radical (unpaired) electrons. The Bertz CT molecular complexity index is 808. The molecular weight excluding hydrogens is 362 g/mol. The Morgan fingerprint density at radius 3 is 2.54 bits per heavy atom. The number of methoxy groups -OCH3 is 1. The highest BCUT2D eigenvalue weighted by molar-refractivity contribution is 5.95. The molecule has 150 valence electrons. The van der Waals surface area contributed by atoms with Crippen LogP contribution in [0, 0.1) is 17.0 Å². The van der Waals surface area contributed by atoms with Crippen LogP contribution in [0.3, 0.4) is 0 Å². The molecule has 2 rings (SSSR count). The van der Waals surface area contributed by atoms with E-state index < -0.39 is 4.92 Å². The van der Waals surface area contributed by atoms with Crippen molar-refractivity contribution in [3.05, 3.63) is 63.7 Å². The molecule has 0 fully saturated rings. The zero-order valence-corrected chi connectivity index (χ0v) is 16.3. The molecule has 2 aromatic rings. The zero-order chi connectivity index (χ0) is 20.5. The van der Waals surface area contributed by atoms with Gasteiger partial charge >= 0.3 is 0 Å². The number of anilines is 1. The van der Waals surface area contributed by atoms with Crippen molar-refractivity contribution >= 4 is 17.3 Å². The molecule has 0 atom stereocenters. The Morgan fingerprint density at radius 2 is 1.89 bits per heavy atom. The van der Waals surface area contributed by atoms with Crippen molar-refractivity contribution in [2.45, 2.75) is 6.92 Å². The number of carbonyl (C=O) groups is 1. The Kier molecular flexibility index (Phi) is 7.76. The summed E-state index contributed by atoms with van der Waals surface area (Å²) in [5.74, 6) is 0.424. The molecule has 0 heterocycles. The molecule has 1 N–H and O–H groups in total. The van der Waals surface area contributed by atoms with Crippen LogP contribution in [0.5, 0.6) is 5.75 Å². The summed E-state index contributed by atoms with van der Waals surface area (Å²) in [6.45, 7) is 3.52. The minimum atomic E-state index is -0.508. The van der Waals surface area contributed by atoms with Gasteiger partial charge in [0.1, 0.15) is 18.0 Å². The highest BCUT2D eigenvalue weighted by Gasteiger charge is 2.19. The standard InChI is InChI=1S/C20H25N3O5/c1-15-4-7-17(8-5-15)28-13-11-22(2)20(24)16-6-9-18(21-10-12-27-3)19(14-16)23(25)26/h4-9,14,21H,10-13H2,1-3H3. The van der Waals surface area contributed by atoms with E-state index in [1.54, 1.807) is 20.2 Å². The average molecular weight is 387 g/mol. The van der Waals surface area contributed by atoms with Crippen molar-refractivity contribution in [3.63, 3.8) is 0 Å². The van der Waals surface area contributed by atoms with Crippen molar-refractivity contribution < 1.29 is 19.2 Å². The summed E-state index contributed by atoms with van der Waals surface area (Å²) in [6, 6.07) is 12.0. The van der Waals surface area contributed by atoms with Crippen LogP contribution in [0.15, 0.2) is 42.5 Å². The first-order chi connectivity index (χ1) is 13.4. The smallest absolute Gasteiger partial charge is 0.293 e.